The van der Waals surface area contributed by atoms with Gasteiger partial charge in [-0.2, -0.15) is 0 Å². The van der Waals surface area contributed by atoms with Crippen molar-refractivity contribution in [3.05, 3.63) is 38.8 Å². The number of nitrogens with zero attached hydrogens (tertiary/aromatic N) is 1. The lowest BCUT2D eigenvalue weighted by Crippen LogP contribution is -2.13. The number of Topliss-reactive ketones (excluding diaryl/α,β-unsaturated/α-hetero) is 1. The minimum atomic E-state index is 0.0593. The van der Waals surface area contributed by atoms with Gasteiger partial charge in [0.1, 0.15) is 0 Å². The van der Waals surface area contributed by atoms with Crippen molar-refractivity contribution in [1.82, 2.24) is 4.31 Å². The molecule has 1 heterocycles. The summed E-state index contributed by atoms with van der Waals surface area (Å²) in [6.45, 7) is 2.64. The highest BCUT2D eigenvalue weighted by atomic mass is 35.5. The number of carbonyl (C=O) groups is 1. The molecule has 1 aliphatic carbocycles. The Balaban J connectivity index is 2.00. The normalized spacial score (nSPS) is 19.8. The van der Waals surface area contributed by atoms with Gasteiger partial charge in [0.2, 0.25) is 0 Å². The molecule has 1 aromatic rings. The number of rotatable bonds is 3. The van der Waals surface area contributed by atoms with Crippen LogP contribution in [0.1, 0.15) is 28.8 Å². The number of ketones is 1. The van der Waals surface area contributed by atoms with Crippen LogP contribution in [0.3, 0.4) is 0 Å². The number of aryl methyl sites for hydroxylation is 1. The van der Waals surface area contributed by atoms with Crippen molar-refractivity contribution in [1.29, 1.82) is 0 Å². The topological polar surface area (TPSA) is 20.3 Å². The molecule has 5 heteroatoms. The molecule has 1 saturated carbocycles. The smallest absolute Gasteiger partial charge is 0.192 e. The molecule has 0 unspecified atom stereocenters. The molecule has 0 amide bonds. The van der Waals surface area contributed by atoms with Gasteiger partial charge in [0.15, 0.2) is 5.78 Å². The van der Waals surface area contributed by atoms with Crippen LogP contribution in [0.5, 0.6) is 0 Å². The predicted molar refractivity (Wildman–Crippen MR) is 87.7 cm³/mol. The molecule has 0 bridgehead atoms. The molecule has 0 radical (unpaired) electrons. The second-order valence-electron chi connectivity index (χ2n) is 5.42. The van der Waals surface area contributed by atoms with Crippen molar-refractivity contribution < 1.29 is 4.79 Å². The Morgan fingerprint density at radius 1 is 1.45 bits per heavy atom. The third-order valence-electron chi connectivity index (χ3n) is 3.72. The number of halogens is 1. The molecular formula is C15H16ClNOS2. The van der Waals surface area contributed by atoms with E-state index in [2.05, 4.69) is 16.9 Å². The highest BCUT2D eigenvalue weighted by Crippen LogP contribution is 2.48. The van der Waals surface area contributed by atoms with Crippen LogP contribution < -0.4 is 0 Å². The van der Waals surface area contributed by atoms with Gasteiger partial charge < -0.3 is 0 Å². The van der Waals surface area contributed by atoms with E-state index < -0.39 is 0 Å². The zero-order valence-corrected chi connectivity index (χ0v) is 13.9. The second-order valence-corrected chi connectivity index (χ2v) is 7.49. The summed E-state index contributed by atoms with van der Waals surface area (Å²) in [5.74, 6) is 0.646. The molecule has 3 rings (SSSR count). The number of benzene rings is 1. The first-order valence-electron chi connectivity index (χ1n) is 6.64. The third-order valence-corrected chi connectivity index (χ3v) is 6.04. The zero-order valence-electron chi connectivity index (χ0n) is 11.4. The third kappa shape index (κ3) is 2.54. The van der Waals surface area contributed by atoms with Crippen LogP contribution in [0.4, 0.5) is 0 Å². The molecule has 0 spiro atoms. The van der Waals surface area contributed by atoms with Gasteiger partial charge in [-0.05, 0) is 56.3 Å². The summed E-state index contributed by atoms with van der Waals surface area (Å²) in [5, 5.41) is 0.473. The Morgan fingerprint density at radius 2 is 2.15 bits per heavy atom. The maximum absolute atomic E-state index is 12.8. The molecule has 0 atom stereocenters. The number of likely N-dealkylation sites (N-methyl/N-ethyl adjacent to an activating group) is 1. The summed E-state index contributed by atoms with van der Waals surface area (Å²) >= 11 is 12.4. The summed E-state index contributed by atoms with van der Waals surface area (Å²) in [7, 11) is 2.02. The van der Waals surface area contributed by atoms with Crippen molar-refractivity contribution in [2.24, 2.45) is 5.92 Å². The summed E-state index contributed by atoms with van der Waals surface area (Å²) in [5.41, 5.74) is 2.48. The van der Waals surface area contributed by atoms with Gasteiger partial charge in [-0.1, -0.05) is 17.7 Å². The molecule has 20 heavy (non-hydrogen) atoms. The predicted octanol–water partition coefficient (Wildman–Crippen LogP) is 4.38. The lowest BCUT2D eigenvalue weighted by molar-refractivity contribution is 0.103. The van der Waals surface area contributed by atoms with Crippen LogP contribution in [0.15, 0.2) is 27.5 Å². The Bertz CT molecular complexity index is 623. The Hall–Kier alpha value is -0.420. The van der Waals surface area contributed by atoms with Gasteiger partial charge in [0.25, 0.3) is 0 Å². The molecule has 0 N–H and O–H groups in total. The lowest BCUT2D eigenvalue weighted by Gasteiger charge is -2.10. The quantitative estimate of drug-likeness (QED) is 0.506. The van der Waals surface area contributed by atoms with E-state index in [1.807, 2.05) is 26.1 Å². The molecule has 2 aliphatic rings. The van der Waals surface area contributed by atoms with Crippen molar-refractivity contribution in [2.75, 3.05) is 13.6 Å². The van der Waals surface area contributed by atoms with Gasteiger partial charge in [0.05, 0.1) is 5.02 Å². The van der Waals surface area contributed by atoms with E-state index in [0.29, 0.717) is 27.9 Å². The van der Waals surface area contributed by atoms with E-state index in [1.54, 1.807) is 11.9 Å². The van der Waals surface area contributed by atoms with Crippen molar-refractivity contribution in [3.8, 4) is 0 Å². The minimum Gasteiger partial charge on any atom is -0.289 e. The first kappa shape index (κ1) is 14.5. The maximum atomic E-state index is 12.8. The Kier molecular flexibility index (Phi) is 3.93. The molecule has 0 saturated heterocycles. The van der Waals surface area contributed by atoms with E-state index in [1.165, 1.54) is 17.7 Å². The van der Waals surface area contributed by atoms with Crippen LogP contribution >= 0.6 is 36.2 Å². The highest BCUT2D eigenvalue weighted by Gasteiger charge is 2.36. The summed E-state index contributed by atoms with van der Waals surface area (Å²) in [4.78, 5) is 14.7. The van der Waals surface area contributed by atoms with Crippen LogP contribution in [-0.2, 0) is 0 Å². The number of allylic oxidation sites excluding steroid dienone is 1. The second kappa shape index (κ2) is 5.41. The molecule has 2 nitrogen and oxygen atoms in total. The monoisotopic (exact) mass is 325 g/mol. The molecule has 1 fully saturated rings. The average molecular weight is 326 g/mol. The standard InChI is InChI=1S/C15H16ClNOS2/c1-8-3-6-10(12(16)14(8)19)13(18)11-7-17(2)20-15(11)9-4-5-9/h3,6,9,19H,4-5,7H2,1-2H3. The van der Waals surface area contributed by atoms with E-state index in [0.717, 1.165) is 11.1 Å². The molecule has 0 aromatic heterocycles. The van der Waals surface area contributed by atoms with Crippen LogP contribution in [0.25, 0.3) is 0 Å². The maximum Gasteiger partial charge on any atom is 0.192 e. The number of hydrogen-bond donors (Lipinski definition) is 1. The first-order valence-corrected chi connectivity index (χ1v) is 8.23. The van der Waals surface area contributed by atoms with Crippen molar-refractivity contribution in [3.63, 3.8) is 0 Å². The fourth-order valence-corrected chi connectivity index (χ4v) is 4.08. The lowest BCUT2D eigenvalue weighted by atomic mass is 10.0. The zero-order chi connectivity index (χ0) is 14.4. The SMILES string of the molecule is Cc1ccc(C(=O)C2=C(C3CC3)SN(C)C2)c(Cl)c1S. The Morgan fingerprint density at radius 3 is 2.80 bits per heavy atom. The van der Waals surface area contributed by atoms with Crippen molar-refractivity contribution in [2.45, 2.75) is 24.7 Å². The number of hydrogen-bond acceptors (Lipinski definition) is 4. The van der Waals surface area contributed by atoms with E-state index in [-0.39, 0.29) is 5.78 Å². The van der Waals surface area contributed by atoms with E-state index >= 15 is 0 Å². The molecule has 106 valence electrons. The average Bonchev–Trinajstić information content (AvgIpc) is 3.18. The fourth-order valence-electron chi connectivity index (χ4n) is 2.41. The van der Waals surface area contributed by atoms with Gasteiger partial charge in [-0.3, -0.25) is 4.79 Å². The number of thiol groups is 1. The summed E-state index contributed by atoms with van der Waals surface area (Å²) < 4.78 is 2.12. The van der Waals surface area contributed by atoms with Crippen LogP contribution in [0, 0.1) is 12.8 Å². The number of carbonyl (C=O) groups excluding carboxylic acids is 1. The van der Waals surface area contributed by atoms with E-state index in [9.17, 15) is 4.79 Å². The van der Waals surface area contributed by atoms with Gasteiger partial charge >= 0.3 is 0 Å². The minimum absolute atomic E-state index is 0.0593. The fraction of sp³-hybridized carbons (Fsp3) is 0.400. The van der Waals surface area contributed by atoms with Gasteiger partial charge in [-0.15, -0.1) is 12.6 Å². The molecular weight excluding hydrogens is 310 g/mol. The Labute approximate surface area is 134 Å². The molecule has 1 aromatic carbocycles. The largest absolute Gasteiger partial charge is 0.289 e. The molecule has 1 aliphatic heterocycles. The summed E-state index contributed by atoms with van der Waals surface area (Å²) in [6, 6.07) is 3.73. The first-order chi connectivity index (χ1) is 9.49. The summed E-state index contributed by atoms with van der Waals surface area (Å²) in [6.07, 6.45) is 2.40. The highest BCUT2D eigenvalue weighted by molar-refractivity contribution is 8.01. The van der Waals surface area contributed by atoms with E-state index in [4.69, 9.17) is 11.6 Å². The van der Waals surface area contributed by atoms with Crippen LogP contribution in [-0.4, -0.2) is 23.7 Å². The van der Waals surface area contributed by atoms with Gasteiger partial charge in [-0.25, -0.2) is 4.31 Å². The van der Waals surface area contributed by atoms with Crippen LogP contribution in [0.2, 0.25) is 5.02 Å². The van der Waals surface area contributed by atoms with Crippen molar-refractivity contribution >= 4 is 42.0 Å². The van der Waals surface area contributed by atoms with Gasteiger partial charge in [0, 0.05) is 27.5 Å².